The SMILES string of the molecule is Cl.Cl.[CH3][Zr]([CH3])([CH3])([CH3])([CH3])([CH3])([CH3])(=[SiH2])([C]1=CC=CC1)[c]1ccc[nH]1. The summed E-state index contributed by atoms with van der Waals surface area (Å²) in [6.07, 6.45) is 9.93. The van der Waals surface area contributed by atoms with E-state index in [4.69, 9.17) is 0 Å². The fraction of sp³-hybridized carbons (Fsp3) is 0.500. The number of aromatic amines is 1. The van der Waals surface area contributed by atoms with Gasteiger partial charge < -0.3 is 0 Å². The van der Waals surface area contributed by atoms with E-state index in [0.29, 0.717) is 0 Å². The summed E-state index contributed by atoms with van der Waals surface area (Å²) in [5.74, 6) is 0. The van der Waals surface area contributed by atoms with Crippen molar-refractivity contribution in [3.05, 3.63) is 39.8 Å². The maximum atomic E-state index is 3.60. The van der Waals surface area contributed by atoms with Crippen LogP contribution in [0.3, 0.4) is 0 Å². The van der Waals surface area contributed by atoms with Gasteiger partial charge in [0.2, 0.25) is 0 Å². The normalized spacial score (nSPS) is 27.7. The number of allylic oxidation sites excluding steroid dienone is 4. The summed E-state index contributed by atoms with van der Waals surface area (Å²) < 4.78 is 20.7. The van der Waals surface area contributed by atoms with Crippen molar-refractivity contribution in [3.63, 3.8) is 0 Å². The van der Waals surface area contributed by atoms with E-state index in [1.54, 1.807) is 3.28 Å². The Kier molecular flexibility index (Phi) is 2.23. The van der Waals surface area contributed by atoms with Crippen LogP contribution in [-0.4, -0.2) is 11.9 Å². The first-order chi connectivity index (χ1) is 7.53. The molecule has 1 aliphatic rings. The zero-order valence-corrected chi connectivity index (χ0v) is 20.2. The number of hydrogen-bond acceptors (Lipinski definition) is 0. The van der Waals surface area contributed by atoms with Gasteiger partial charge in [0.05, 0.1) is 0 Å². The molecule has 0 aliphatic heterocycles. The van der Waals surface area contributed by atoms with Gasteiger partial charge in [-0.3, -0.25) is 0 Å². The van der Waals surface area contributed by atoms with Crippen molar-refractivity contribution < 1.29 is 9.98 Å². The summed E-state index contributed by atoms with van der Waals surface area (Å²) >= 11 is 0. The fourth-order valence-electron chi connectivity index (χ4n) is 3.75. The molecule has 0 aromatic carbocycles. The zero-order chi connectivity index (χ0) is 15.1. The molecule has 5 heteroatoms. The molecule has 0 spiro atoms. The van der Waals surface area contributed by atoms with E-state index in [0.717, 1.165) is 6.42 Å². The van der Waals surface area contributed by atoms with Crippen LogP contribution in [0.2, 0.25) is 32.4 Å². The Hall–Kier alpha value is 0.440. The first kappa shape index (κ1) is 21.4. The average Bonchev–Trinajstić information content (AvgIpc) is 2.74. The fourth-order valence-corrected chi connectivity index (χ4v) is 22.2. The van der Waals surface area contributed by atoms with Gasteiger partial charge in [0, 0.05) is 0 Å². The van der Waals surface area contributed by atoms with Gasteiger partial charge in [0.25, 0.3) is 0 Å². The van der Waals surface area contributed by atoms with Crippen LogP contribution in [0.5, 0.6) is 0 Å². The van der Waals surface area contributed by atoms with Crippen molar-refractivity contribution in [2.24, 2.45) is 0 Å². The zero-order valence-electron chi connectivity index (χ0n) is 14.7. The molecule has 1 heterocycles. The van der Waals surface area contributed by atoms with Crippen molar-refractivity contribution in [2.45, 2.75) is 38.8 Å². The van der Waals surface area contributed by atoms with E-state index in [2.05, 4.69) is 80.8 Å². The second kappa shape index (κ2) is 2.19. The molecule has 2 rings (SSSR count). The predicted octanol–water partition coefficient (Wildman–Crippen LogP) is 5.58. The van der Waals surface area contributed by atoms with Gasteiger partial charge in [-0.1, -0.05) is 0 Å². The summed E-state index contributed by atoms with van der Waals surface area (Å²) in [6.45, 7) is 2.24. The predicted molar refractivity (Wildman–Crippen MR) is 106 cm³/mol. The van der Waals surface area contributed by atoms with Crippen molar-refractivity contribution in [2.75, 3.05) is 0 Å². The molecule has 1 aromatic heterocycles. The van der Waals surface area contributed by atoms with Crippen LogP contribution in [0.15, 0.2) is 39.8 Å². The van der Waals surface area contributed by atoms with Gasteiger partial charge in [-0.2, -0.15) is 0 Å². The molecule has 0 amide bonds. The number of aromatic nitrogens is 1. The molecule has 0 unspecified atom stereocenters. The van der Waals surface area contributed by atoms with Crippen LogP contribution >= 0.6 is 24.8 Å². The second-order valence-electron chi connectivity index (χ2n) is 19.4. The quantitative estimate of drug-likeness (QED) is 0.590. The molecule has 0 atom stereocenters. The molecule has 21 heavy (non-hydrogen) atoms. The molecule has 0 saturated carbocycles. The first-order valence-electron chi connectivity index (χ1n) is 7.56. The van der Waals surface area contributed by atoms with E-state index in [1.807, 2.05) is 0 Å². The molecule has 0 bridgehead atoms. The number of H-pyrrole nitrogens is 1. The van der Waals surface area contributed by atoms with Gasteiger partial charge in [-0.25, -0.2) is 0 Å². The van der Waals surface area contributed by atoms with Gasteiger partial charge in [-0.05, 0) is 0 Å². The molecule has 0 radical (unpaired) electrons. The second-order valence-corrected chi connectivity index (χ2v) is 139. The van der Waals surface area contributed by atoms with Gasteiger partial charge >= 0.3 is 104 Å². The van der Waals surface area contributed by atoms with Crippen LogP contribution in [0.25, 0.3) is 0 Å². The van der Waals surface area contributed by atoms with Gasteiger partial charge in [-0.15, -0.1) is 24.8 Å². The van der Waals surface area contributed by atoms with Crippen LogP contribution in [0, 0.1) is 0 Å². The Morgan fingerprint density at radius 2 is 1.52 bits per heavy atom. The van der Waals surface area contributed by atoms with E-state index < -0.39 is 9.98 Å². The Labute approximate surface area is 128 Å². The standard InChI is InChI=1S/C5H5.C4H4N.7CH3.2ClH.H2Si.Zr/c2*1-2-4-5-3-1;;;;;;;;;;;/h1-3H,4H2;1-3,5H;7*1H3;2*1H;1H2;. The molecular weight excluding hydrogens is 396 g/mol. The Morgan fingerprint density at radius 3 is 1.86 bits per heavy atom. The van der Waals surface area contributed by atoms with Crippen LogP contribution < -0.4 is 3.40 Å². The number of nitrogens with one attached hydrogen (secondary N) is 1. The van der Waals surface area contributed by atoms with Crippen molar-refractivity contribution in [1.82, 2.24) is 4.98 Å². The Morgan fingerprint density at radius 1 is 1.00 bits per heavy atom. The minimum atomic E-state index is -5.51. The third-order valence-corrected chi connectivity index (χ3v) is 36.7. The molecule has 0 fully saturated rings. The monoisotopic (exact) mass is 428 g/mol. The van der Waals surface area contributed by atoms with Crippen LogP contribution in [0.1, 0.15) is 6.42 Å². The summed E-state index contributed by atoms with van der Waals surface area (Å²) in [5.41, 5.74) is 0. The molecule has 1 nitrogen and oxygen atoms in total. The summed E-state index contributed by atoms with van der Waals surface area (Å²) in [4.78, 5) is 3.60. The molecule has 125 valence electrons. The van der Waals surface area contributed by atoms with Crippen LogP contribution in [0.4, 0.5) is 0 Å². The third kappa shape index (κ3) is 2.73. The topological polar surface area (TPSA) is 15.8 Å². The number of hydrogen-bond donors (Lipinski definition) is 1. The third-order valence-electron chi connectivity index (χ3n) is 6.22. The summed E-state index contributed by atoms with van der Waals surface area (Å²) in [6, 6.07) is 4.41. The molecule has 1 N–H and O–H groups in total. The van der Waals surface area contributed by atoms with E-state index in [-0.39, 0.29) is 24.8 Å². The van der Waals surface area contributed by atoms with Crippen molar-refractivity contribution in [1.29, 1.82) is 0 Å². The molecular formula is C16H34Cl2NSiZr. The summed E-state index contributed by atoms with van der Waals surface area (Å²) in [5, 5.41) is 0. The molecule has 1 aliphatic carbocycles. The van der Waals surface area contributed by atoms with Crippen molar-refractivity contribution in [3.8, 4) is 0 Å². The summed E-state index contributed by atoms with van der Waals surface area (Å²) in [7, 11) is -5.51. The Balaban J connectivity index is 0.00000200. The first-order valence-corrected chi connectivity index (χ1v) is 33.2. The molecule has 0 saturated heterocycles. The number of rotatable bonds is 2. The Bertz CT molecular complexity index is 893. The minimum absolute atomic E-state index is 0. The number of halogens is 2. The van der Waals surface area contributed by atoms with E-state index >= 15 is 0 Å². The van der Waals surface area contributed by atoms with Crippen LogP contribution in [-0.2, 0) is 9.98 Å². The maximum absolute atomic E-state index is 5.51. The van der Waals surface area contributed by atoms with E-state index in [9.17, 15) is 0 Å². The molecule has 1 aromatic rings. The van der Waals surface area contributed by atoms with Gasteiger partial charge in [0.15, 0.2) is 0 Å². The van der Waals surface area contributed by atoms with E-state index in [1.165, 1.54) is 3.40 Å². The average molecular weight is 431 g/mol. The van der Waals surface area contributed by atoms with Gasteiger partial charge in [0.1, 0.15) is 0 Å². The van der Waals surface area contributed by atoms with Crippen molar-refractivity contribution >= 4 is 35.1 Å².